The van der Waals surface area contributed by atoms with Crippen LogP contribution >= 0.6 is 23.4 Å². The lowest BCUT2D eigenvalue weighted by Crippen LogP contribution is -2.49. The van der Waals surface area contributed by atoms with E-state index in [1.165, 1.54) is 4.31 Å². The van der Waals surface area contributed by atoms with E-state index in [1.807, 2.05) is 57.2 Å². The Kier molecular flexibility index (Phi) is 9.07. The monoisotopic (exact) mass is 468 g/mol. The Morgan fingerprint density at radius 1 is 1.17 bits per heavy atom. The fraction of sp³-hybridized carbons (Fsp3) is 0.409. The highest BCUT2D eigenvalue weighted by atomic mass is 35.5. The average molecular weight is 469 g/mol. The van der Waals surface area contributed by atoms with Crippen molar-refractivity contribution in [3.8, 4) is 0 Å². The number of benzene rings is 2. The minimum atomic E-state index is -3.62. The third kappa shape index (κ3) is 6.93. The topological polar surface area (TPSA) is 66.5 Å². The molecule has 164 valence electrons. The van der Waals surface area contributed by atoms with Crippen molar-refractivity contribution in [3.63, 3.8) is 0 Å². The van der Waals surface area contributed by atoms with Gasteiger partial charge in [0.25, 0.3) is 0 Å². The first-order chi connectivity index (χ1) is 14.1. The van der Waals surface area contributed by atoms with Crippen LogP contribution in [0.2, 0.25) is 5.02 Å². The minimum Gasteiger partial charge on any atom is -0.353 e. The Labute approximate surface area is 189 Å². The molecule has 30 heavy (non-hydrogen) atoms. The van der Waals surface area contributed by atoms with E-state index < -0.39 is 16.1 Å². The first-order valence-electron chi connectivity index (χ1n) is 9.80. The number of nitrogens with one attached hydrogen (secondary N) is 1. The molecule has 0 unspecified atom stereocenters. The van der Waals surface area contributed by atoms with E-state index in [0.29, 0.717) is 23.7 Å². The summed E-state index contributed by atoms with van der Waals surface area (Å²) in [6, 6.07) is 12.3. The van der Waals surface area contributed by atoms with E-state index in [4.69, 9.17) is 11.6 Å². The molecule has 2 aromatic carbocycles. The molecule has 0 saturated carbocycles. The summed E-state index contributed by atoms with van der Waals surface area (Å²) in [5.74, 6) is 1.23. The molecule has 0 fully saturated rings. The average Bonchev–Trinajstić information content (AvgIpc) is 2.67. The summed E-state index contributed by atoms with van der Waals surface area (Å²) in [5, 5.41) is 3.60. The zero-order valence-corrected chi connectivity index (χ0v) is 20.2. The normalized spacial score (nSPS) is 12.4. The molecular formula is C22H29ClN2O3S2. The zero-order chi connectivity index (χ0) is 22.3. The van der Waals surface area contributed by atoms with Gasteiger partial charge in [0.1, 0.15) is 6.04 Å². The lowest BCUT2D eigenvalue weighted by molar-refractivity contribution is -0.122. The van der Waals surface area contributed by atoms with Gasteiger partial charge in [0, 0.05) is 23.1 Å². The predicted octanol–water partition coefficient (Wildman–Crippen LogP) is 4.55. The first kappa shape index (κ1) is 24.6. The summed E-state index contributed by atoms with van der Waals surface area (Å²) in [6.07, 6.45) is 1.51. The van der Waals surface area contributed by atoms with Crippen LogP contribution in [-0.4, -0.2) is 38.9 Å². The van der Waals surface area contributed by atoms with E-state index in [-0.39, 0.29) is 5.91 Å². The van der Waals surface area contributed by atoms with Gasteiger partial charge in [-0.05, 0) is 61.2 Å². The molecule has 0 aromatic heterocycles. The van der Waals surface area contributed by atoms with Crippen LogP contribution < -0.4 is 9.62 Å². The zero-order valence-electron chi connectivity index (χ0n) is 17.8. The van der Waals surface area contributed by atoms with Crippen LogP contribution in [0.25, 0.3) is 0 Å². The van der Waals surface area contributed by atoms with Gasteiger partial charge in [-0.25, -0.2) is 8.42 Å². The quantitative estimate of drug-likeness (QED) is 0.519. The number of anilines is 1. The smallest absolute Gasteiger partial charge is 0.243 e. The lowest BCUT2D eigenvalue weighted by Gasteiger charge is -2.30. The molecule has 0 aliphatic heterocycles. The van der Waals surface area contributed by atoms with Gasteiger partial charge >= 0.3 is 0 Å². The number of hydrogen-bond donors (Lipinski definition) is 1. The molecule has 0 radical (unpaired) electrons. The maximum absolute atomic E-state index is 12.8. The Bertz CT molecular complexity index is 980. The number of sulfonamides is 1. The summed E-state index contributed by atoms with van der Waals surface area (Å²) < 4.78 is 26.3. The van der Waals surface area contributed by atoms with Crippen LogP contribution in [0, 0.1) is 13.8 Å². The number of halogens is 1. The highest BCUT2D eigenvalue weighted by Gasteiger charge is 2.31. The van der Waals surface area contributed by atoms with Gasteiger partial charge in [-0.15, -0.1) is 0 Å². The van der Waals surface area contributed by atoms with Crippen molar-refractivity contribution < 1.29 is 13.2 Å². The Morgan fingerprint density at radius 3 is 2.50 bits per heavy atom. The Hall–Kier alpha value is -1.70. The number of nitrogens with zero attached hydrogens (tertiary/aromatic N) is 1. The molecule has 0 aliphatic carbocycles. The molecule has 1 N–H and O–H groups in total. The van der Waals surface area contributed by atoms with Gasteiger partial charge in [0.2, 0.25) is 15.9 Å². The number of carbonyl (C=O) groups is 1. The lowest BCUT2D eigenvalue weighted by atomic mass is 10.1. The summed E-state index contributed by atoms with van der Waals surface area (Å²) in [4.78, 5) is 12.8. The molecule has 1 amide bonds. The van der Waals surface area contributed by atoms with Crippen LogP contribution in [0.3, 0.4) is 0 Å². The highest BCUT2D eigenvalue weighted by Crippen LogP contribution is 2.25. The van der Waals surface area contributed by atoms with E-state index in [0.717, 1.165) is 34.5 Å². The fourth-order valence-electron chi connectivity index (χ4n) is 3.10. The SMILES string of the molecule is CC[C@H](C(=O)NCCSCc1cccc(Cl)c1)N(c1ccc(C)c(C)c1)S(C)(=O)=O. The maximum Gasteiger partial charge on any atom is 0.243 e. The third-order valence-corrected chi connectivity index (χ3v) is 7.22. The van der Waals surface area contributed by atoms with Crippen molar-refractivity contribution in [3.05, 3.63) is 64.2 Å². The van der Waals surface area contributed by atoms with Crippen molar-refractivity contribution in [2.75, 3.05) is 22.9 Å². The first-order valence-corrected chi connectivity index (χ1v) is 13.2. The van der Waals surface area contributed by atoms with E-state index in [2.05, 4.69) is 5.32 Å². The number of hydrogen-bond acceptors (Lipinski definition) is 4. The second kappa shape index (κ2) is 11.1. The van der Waals surface area contributed by atoms with Gasteiger partial charge in [-0.3, -0.25) is 9.10 Å². The van der Waals surface area contributed by atoms with Crippen LogP contribution in [0.15, 0.2) is 42.5 Å². The maximum atomic E-state index is 12.8. The van der Waals surface area contributed by atoms with Crippen molar-refractivity contribution in [1.82, 2.24) is 5.32 Å². The molecule has 0 spiro atoms. The van der Waals surface area contributed by atoms with Crippen LogP contribution in [0.1, 0.15) is 30.0 Å². The van der Waals surface area contributed by atoms with Crippen molar-refractivity contribution in [1.29, 1.82) is 0 Å². The fourth-order valence-corrected chi connectivity index (χ4v) is 5.33. The standard InChI is InChI=1S/C22H29ClN2O3S2/c1-5-21(25(30(4,27)28)20-10-9-16(2)17(3)13-20)22(26)24-11-12-29-15-18-7-6-8-19(23)14-18/h6-10,13-14,21H,5,11-12,15H2,1-4H3,(H,24,26)/t21-/m1/s1. The van der Waals surface area contributed by atoms with Gasteiger partial charge in [0.15, 0.2) is 0 Å². The summed E-state index contributed by atoms with van der Waals surface area (Å²) in [6.45, 7) is 6.18. The second-order valence-corrected chi connectivity index (χ2v) is 10.6. The van der Waals surface area contributed by atoms with Crippen LogP contribution in [-0.2, 0) is 20.6 Å². The van der Waals surface area contributed by atoms with Crippen molar-refractivity contribution in [2.24, 2.45) is 0 Å². The summed E-state index contributed by atoms with van der Waals surface area (Å²) in [7, 11) is -3.62. The summed E-state index contributed by atoms with van der Waals surface area (Å²) in [5.41, 5.74) is 3.69. The van der Waals surface area contributed by atoms with Gasteiger partial charge in [-0.1, -0.05) is 36.7 Å². The van der Waals surface area contributed by atoms with Crippen molar-refractivity contribution in [2.45, 2.75) is 39.0 Å². The molecule has 1 atom stereocenters. The van der Waals surface area contributed by atoms with Crippen LogP contribution in [0.4, 0.5) is 5.69 Å². The molecule has 0 aliphatic rings. The molecule has 5 nitrogen and oxygen atoms in total. The second-order valence-electron chi connectivity index (χ2n) is 7.22. The highest BCUT2D eigenvalue weighted by molar-refractivity contribution is 7.98. The molecule has 2 aromatic rings. The third-order valence-electron chi connectivity index (χ3n) is 4.78. The molecule has 0 saturated heterocycles. The van der Waals surface area contributed by atoms with E-state index in [1.54, 1.807) is 17.8 Å². The predicted molar refractivity (Wildman–Crippen MR) is 128 cm³/mol. The Morgan fingerprint density at radius 2 is 1.90 bits per heavy atom. The number of carbonyl (C=O) groups excluding carboxylic acids is 1. The number of amides is 1. The molecular weight excluding hydrogens is 440 g/mol. The number of rotatable bonds is 10. The molecule has 0 heterocycles. The molecule has 2 rings (SSSR count). The molecule has 0 bridgehead atoms. The van der Waals surface area contributed by atoms with Crippen molar-refractivity contribution >= 4 is 45.0 Å². The van der Waals surface area contributed by atoms with Gasteiger partial charge in [-0.2, -0.15) is 11.8 Å². The van der Waals surface area contributed by atoms with E-state index in [9.17, 15) is 13.2 Å². The Balaban J connectivity index is 2.00. The van der Waals surface area contributed by atoms with E-state index >= 15 is 0 Å². The largest absolute Gasteiger partial charge is 0.353 e. The number of thioether (sulfide) groups is 1. The minimum absolute atomic E-state index is 0.287. The summed E-state index contributed by atoms with van der Waals surface area (Å²) >= 11 is 7.68. The van der Waals surface area contributed by atoms with Gasteiger partial charge < -0.3 is 5.32 Å². The van der Waals surface area contributed by atoms with Crippen LogP contribution in [0.5, 0.6) is 0 Å². The molecule has 8 heteroatoms. The van der Waals surface area contributed by atoms with Gasteiger partial charge in [0.05, 0.1) is 11.9 Å². The number of aryl methyl sites for hydroxylation is 2.